The second-order valence-corrected chi connectivity index (χ2v) is 7.34. The smallest absolute Gasteiger partial charge is 0.0953 e. The predicted octanol–water partition coefficient (Wildman–Crippen LogP) is 3.62. The average molecular weight is 338 g/mol. The van der Waals surface area contributed by atoms with Crippen LogP contribution in [0, 0.1) is 0 Å². The highest BCUT2D eigenvalue weighted by Gasteiger charge is 2.31. The molecule has 0 unspecified atom stereocenters. The number of nitrogens with two attached hydrogens (primary N) is 1. The average Bonchev–Trinajstić information content (AvgIpc) is 3.07. The zero-order valence-electron chi connectivity index (χ0n) is 13.1. The molecule has 0 amide bonds. The van der Waals surface area contributed by atoms with Crippen LogP contribution in [-0.2, 0) is 6.54 Å². The number of benzene rings is 1. The third kappa shape index (κ3) is 3.87. The summed E-state index contributed by atoms with van der Waals surface area (Å²) in [6.07, 6.45) is 2.03. The summed E-state index contributed by atoms with van der Waals surface area (Å²) in [6.45, 7) is 7.37. The lowest BCUT2D eigenvalue weighted by molar-refractivity contribution is 0.326. The molecule has 2 aromatic rings. The van der Waals surface area contributed by atoms with Gasteiger partial charge in [0.15, 0.2) is 0 Å². The number of rotatable bonds is 4. The fourth-order valence-corrected chi connectivity index (χ4v) is 3.94. The van der Waals surface area contributed by atoms with Crippen LogP contribution in [0.4, 0.5) is 0 Å². The molecule has 1 aliphatic heterocycles. The van der Waals surface area contributed by atoms with Crippen LogP contribution in [0.3, 0.4) is 0 Å². The van der Waals surface area contributed by atoms with E-state index in [1.165, 1.54) is 15.4 Å². The van der Waals surface area contributed by atoms with Crippen molar-refractivity contribution in [1.82, 2.24) is 9.88 Å². The lowest BCUT2D eigenvalue weighted by Crippen LogP contribution is -2.28. The molecule has 3 rings (SSSR count). The Balaban J connectivity index is 0.00000176. The summed E-state index contributed by atoms with van der Waals surface area (Å²) in [5.74, 6) is 0.963. The molecule has 0 radical (unpaired) electrons. The Morgan fingerprint density at radius 3 is 2.64 bits per heavy atom. The molecule has 120 valence electrons. The fourth-order valence-electron chi connectivity index (χ4n) is 2.98. The largest absolute Gasteiger partial charge is 0.326 e. The predicted molar refractivity (Wildman–Crippen MR) is 95.9 cm³/mol. The Kier molecular flexibility index (Phi) is 5.98. The van der Waals surface area contributed by atoms with Crippen molar-refractivity contribution in [2.75, 3.05) is 13.1 Å². The summed E-state index contributed by atoms with van der Waals surface area (Å²) in [5, 5.41) is 1.23. The molecule has 2 heterocycles. The molecule has 1 aromatic heterocycles. The van der Waals surface area contributed by atoms with Crippen molar-refractivity contribution in [3.05, 3.63) is 52.0 Å². The van der Waals surface area contributed by atoms with Crippen LogP contribution in [0.2, 0.25) is 0 Å². The van der Waals surface area contributed by atoms with Gasteiger partial charge < -0.3 is 5.73 Å². The van der Waals surface area contributed by atoms with Gasteiger partial charge in [-0.2, -0.15) is 0 Å². The number of aromatic nitrogens is 1. The SMILES string of the molecule is CC(C)c1ncc(CN2C[C@@H](N)[C@H](c3ccccc3)C2)s1.Cl. The molecule has 1 fully saturated rings. The van der Waals surface area contributed by atoms with Gasteiger partial charge in [0.1, 0.15) is 0 Å². The maximum atomic E-state index is 6.35. The molecule has 1 aromatic carbocycles. The second kappa shape index (κ2) is 7.55. The molecule has 22 heavy (non-hydrogen) atoms. The van der Waals surface area contributed by atoms with Gasteiger partial charge in [0.25, 0.3) is 0 Å². The number of hydrogen-bond donors (Lipinski definition) is 1. The van der Waals surface area contributed by atoms with E-state index >= 15 is 0 Å². The first-order chi connectivity index (χ1) is 10.1. The zero-order chi connectivity index (χ0) is 14.8. The Bertz CT molecular complexity index is 585. The first kappa shape index (κ1) is 17.4. The van der Waals surface area contributed by atoms with E-state index in [1.54, 1.807) is 0 Å². The summed E-state index contributed by atoms with van der Waals surface area (Å²) in [7, 11) is 0. The zero-order valence-corrected chi connectivity index (χ0v) is 14.7. The van der Waals surface area contributed by atoms with Crippen molar-refractivity contribution in [3.8, 4) is 0 Å². The lowest BCUT2D eigenvalue weighted by atomic mass is 9.95. The second-order valence-electron chi connectivity index (χ2n) is 6.19. The fraction of sp³-hybridized carbons (Fsp3) is 0.471. The molecule has 2 N–H and O–H groups in total. The van der Waals surface area contributed by atoms with Crippen molar-refractivity contribution in [1.29, 1.82) is 0 Å². The van der Waals surface area contributed by atoms with Gasteiger partial charge in [-0.05, 0) is 5.56 Å². The van der Waals surface area contributed by atoms with Crippen LogP contribution in [0.5, 0.6) is 0 Å². The van der Waals surface area contributed by atoms with E-state index in [0.717, 1.165) is 19.6 Å². The van der Waals surface area contributed by atoms with Crippen LogP contribution in [0.25, 0.3) is 0 Å². The van der Waals surface area contributed by atoms with E-state index in [2.05, 4.69) is 54.1 Å². The molecular formula is C17H24ClN3S. The maximum absolute atomic E-state index is 6.35. The van der Waals surface area contributed by atoms with E-state index in [1.807, 2.05) is 17.5 Å². The van der Waals surface area contributed by atoms with Gasteiger partial charge in [-0.25, -0.2) is 4.98 Å². The van der Waals surface area contributed by atoms with Crippen LogP contribution >= 0.6 is 23.7 Å². The summed E-state index contributed by atoms with van der Waals surface area (Å²) in [5.41, 5.74) is 7.72. The van der Waals surface area contributed by atoms with Crippen molar-refractivity contribution >= 4 is 23.7 Å². The van der Waals surface area contributed by atoms with Gasteiger partial charge in [-0.3, -0.25) is 4.90 Å². The number of halogens is 1. The Labute approximate surface area is 143 Å². The standard InChI is InChI=1S/C17H23N3S.ClH/c1-12(2)17-19-8-14(21-17)9-20-10-15(16(18)11-20)13-6-4-3-5-7-13;/h3-8,12,15-16H,9-11,18H2,1-2H3;1H/t15-,16+;/m0./s1. The summed E-state index contributed by atoms with van der Waals surface area (Å²) in [4.78, 5) is 8.32. The molecule has 0 spiro atoms. The first-order valence-corrected chi connectivity index (χ1v) is 8.42. The molecule has 0 aliphatic carbocycles. The van der Waals surface area contributed by atoms with E-state index in [0.29, 0.717) is 11.8 Å². The van der Waals surface area contributed by atoms with E-state index in [-0.39, 0.29) is 18.4 Å². The molecule has 1 aliphatic rings. The molecule has 2 atom stereocenters. The Morgan fingerprint density at radius 1 is 1.27 bits per heavy atom. The minimum Gasteiger partial charge on any atom is -0.326 e. The third-order valence-electron chi connectivity index (χ3n) is 4.11. The minimum atomic E-state index is 0. The van der Waals surface area contributed by atoms with Gasteiger partial charge in [0.2, 0.25) is 0 Å². The molecule has 1 saturated heterocycles. The summed E-state index contributed by atoms with van der Waals surface area (Å²) < 4.78 is 0. The summed E-state index contributed by atoms with van der Waals surface area (Å²) in [6, 6.07) is 10.9. The van der Waals surface area contributed by atoms with Crippen LogP contribution in [0.15, 0.2) is 36.5 Å². The number of hydrogen-bond acceptors (Lipinski definition) is 4. The van der Waals surface area contributed by atoms with Gasteiger partial charge in [-0.15, -0.1) is 23.7 Å². The van der Waals surface area contributed by atoms with Crippen molar-refractivity contribution in [2.45, 2.75) is 38.3 Å². The third-order valence-corrected chi connectivity index (χ3v) is 5.40. The van der Waals surface area contributed by atoms with Crippen molar-refractivity contribution < 1.29 is 0 Å². The number of nitrogens with zero attached hydrogens (tertiary/aromatic N) is 2. The maximum Gasteiger partial charge on any atom is 0.0953 e. The number of thiazole rings is 1. The normalized spacial score (nSPS) is 22.0. The van der Waals surface area contributed by atoms with E-state index < -0.39 is 0 Å². The van der Waals surface area contributed by atoms with Crippen LogP contribution < -0.4 is 5.73 Å². The quantitative estimate of drug-likeness (QED) is 0.926. The monoisotopic (exact) mass is 337 g/mol. The molecule has 0 bridgehead atoms. The highest BCUT2D eigenvalue weighted by molar-refractivity contribution is 7.11. The van der Waals surface area contributed by atoms with Crippen LogP contribution in [0.1, 0.15) is 41.1 Å². The van der Waals surface area contributed by atoms with Crippen molar-refractivity contribution in [3.63, 3.8) is 0 Å². The molecule has 0 saturated carbocycles. The van der Waals surface area contributed by atoms with Gasteiger partial charge >= 0.3 is 0 Å². The summed E-state index contributed by atoms with van der Waals surface area (Å²) >= 11 is 1.83. The van der Waals surface area contributed by atoms with Crippen molar-refractivity contribution in [2.24, 2.45) is 5.73 Å². The number of likely N-dealkylation sites (tertiary alicyclic amines) is 1. The van der Waals surface area contributed by atoms with Gasteiger partial charge in [-0.1, -0.05) is 44.2 Å². The molecular weight excluding hydrogens is 314 g/mol. The first-order valence-electron chi connectivity index (χ1n) is 7.61. The molecule has 5 heteroatoms. The molecule has 3 nitrogen and oxygen atoms in total. The van der Waals surface area contributed by atoms with Crippen LogP contribution in [-0.4, -0.2) is 29.0 Å². The highest BCUT2D eigenvalue weighted by atomic mass is 35.5. The Morgan fingerprint density at radius 2 is 2.00 bits per heavy atom. The Hall–Kier alpha value is -0.940. The topological polar surface area (TPSA) is 42.2 Å². The highest BCUT2D eigenvalue weighted by Crippen LogP contribution is 2.29. The van der Waals surface area contributed by atoms with Gasteiger partial charge in [0.05, 0.1) is 5.01 Å². The van der Waals surface area contributed by atoms with Gasteiger partial charge in [0, 0.05) is 48.6 Å². The minimum absolute atomic E-state index is 0. The van der Waals surface area contributed by atoms with E-state index in [9.17, 15) is 0 Å². The lowest BCUT2D eigenvalue weighted by Gasteiger charge is -2.15. The van der Waals surface area contributed by atoms with E-state index in [4.69, 9.17) is 5.73 Å².